The van der Waals surface area contributed by atoms with Crippen LogP contribution < -0.4 is 0 Å². The van der Waals surface area contributed by atoms with Crippen molar-refractivity contribution in [2.45, 2.75) is 38.0 Å². The Morgan fingerprint density at radius 3 is 2.32 bits per heavy atom. The van der Waals surface area contributed by atoms with E-state index in [1.165, 1.54) is 16.1 Å². The van der Waals surface area contributed by atoms with Gasteiger partial charge in [-0.05, 0) is 31.2 Å². The van der Waals surface area contributed by atoms with E-state index < -0.39 is 10.0 Å². The Morgan fingerprint density at radius 2 is 1.68 bits per heavy atom. The Bertz CT molecular complexity index is 682. The van der Waals surface area contributed by atoms with E-state index in [-0.39, 0.29) is 11.8 Å². The molecule has 3 rings (SSSR count). The van der Waals surface area contributed by atoms with Gasteiger partial charge in [0, 0.05) is 38.0 Å². The van der Waals surface area contributed by atoms with E-state index in [1.54, 1.807) is 0 Å². The summed E-state index contributed by atoms with van der Waals surface area (Å²) < 4.78 is 24.8. The first-order valence-corrected chi connectivity index (χ1v) is 11.1. The molecule has 2 aliphatic rings. The van der Waals surface area contributed by atoms with Crippen molar-refractivity contribution in [2.75, 3.05) is 32.4 Å². The van der Waals surface area contributed by atoms with Crippen LogP contribution in [0.3, 0.4) is 0 Å². The Kier molecular flexibility index (Phi) is 5.79. The first-order chi connectivity index (χ1) is 11.9. The molecule has 1 atom stereocenters. The van der Waals surface area contributed by atoms with Gasteiger partial charge in [0.15, 0.2) is 0 Å². The lowest BCUT2D eigenvalue weighted by atomic mass is 9.93. The van der Waals surface area contributed by atoms with Crippen molar-refractivity contribution in [3.05, 3.63) is 35.9 Å². The maximum atomic E-state index is 13.0. The number of hydrogen-bond donors (Lipinski definition) is 0. The first-order valence-electron chi connectivity index (χ1n) is 9.24. The summed E-state index contributed by atoms with van der Waals surface area (Å²) in [6, 6.07) is 10.5. The molecule has 1 amide bonds. The predicted molar refractivity (Wildman–Crippen MR) is 98.8 cm³/mol. The van der Waals surface area contributed by atoms with Crippen LogP contribution in [0.15, 0.2) is 30.3 Å². The second kappa shape index (κ2) is 7.87. The van der Waals surface area contributed by atoms with Crippen LogP contribution in [0.1, 0.15) is 43.6 Å². The van der Waals surface area contributed by atoms with Gasteiger partial charge in [-0.1, -0.05) is 36.8 Å². The molecule has 1 unspecified atom stereocenters. The van der Waals surface area contributed by atoms with Crippen LogP contribution >= 0.6 is 0 Å². The van der Waals surface area contributed by atoms with Gasteiger partial charge in [0.2, 0.25) is 15.9 Å². The number of piperidine rings is 1. The number of carbonyl (C=O) groups excluding carboxylic acids is 1. The van der Waals surface area contributed by atoms with Gasteiger partial charge in [-0.15, -0.1) is 0 Å². The highest BCUT2D eigenvalue weighted by Gasteiger charge is 2.32. The summed E-state index contributed by atoms with van der Waals surface area (Å²) in [5.41, 5.74) is 1.31. The number of benzene rings is 1. The monoisotopic (exact) mass is 364 g/mol. The molecular weight excluding hydrogens is 336 g/mol. The lowest BCUT2D eigenvalue weighted by Crippen LogP contribution is -2.45. The summed E-state index contributed by atoms with van der Waals surface area (Å²) in [6.07, 6.45) is 5.85. The minimum Gasteiger partial charge on any atom is -0.342 e. The number of hydrogen-bond acceptors (Lipinski definition) is 3. The van der Waals surface area contributed by atoms with Crippen LogP contribution in [-0.4, -0.2) is 56.0 Å². The molecular formula is C19H28N2O3S. The highest BCUT2D eigenvalue weighted by molar-refractivity contribution is 7.88. The number of amides is 1. The highest BCUT2D eigenvalue weighted by Crippen LogP contribution is 2.29. The molecule has 6 heteroatoms. The Morgan fingerprint density at radius 1 is 1.00 bits per heavy atom. The predicted octanol–water partition coefficient (Wildman–Crippen LogP) is 2.45. The molecule has 1 aromatic carbocycles. The molecule has 2 aliphatic heterocycles. The molecule has 25 heavy (non-hydrogen) atoms. The van der Waals surface area contributed by atoms with Crippen molar-refractivity contribution in [2.24, 2.45) is 5.92 Å². The molecule has 5 nitrogen and oxygen atoms in total. The average molecular weight is 365 g/mol. The van der Waals surface area contributed by atoms with Gasteiger partial charge in [-0.2, -0.15) is 0 Å². The van der Waals surface area contributed by atoms with Crippen molar-refractivity contribution in [3.8, 4) is 0 Å². The van der Waals surface area contributed by atoms with Crippen molar-refractivity contribution in [1.29, 1.82) is 0 Å². The Labute approximate surface area is 151 Å². The zero-order chi connectivity index (χ0) is 17.9. The van der Waals surface area contributed by atoms with Crippen LogP contribution in [-0.2, 0) is 14.8 Å². The molecule has 0 N–H and O–H groups in total. The average Bonchev–Trinajstić information content (AvgIpc) is 2.87. The lowest BCUT2D eigenvalue weighted by Gasteiger charge is -2.33. The number of carbonyl (C=O) groups is 1. The standard InChI is InChI=1S/C19H28N2O3S/c1-25(23,24)21-13-10-17(11-14-21)19(22)20-12-6-5-9-18(15-20)16-7-3-2-4-8-16/h2-4,7-8,17-18H,5-6,9-15H2,1H3. The van der Waals surface area contributed by atoms with E-state index in [0.717, 1.165) is 32.4 Å². The van der Waals surface area contributed by atoms with Crippen LogP contribution in [0, 0.1) is 5.92 Å². The van der Waals surface area contributed by atoms with Crippen molar-refractivity contribution in [1.82, 2.24) is 9.21 Å². The van der Waals surface area contributed by atoms with Crippen molar-refractivity contribution in [3.63, 3.8) is 0 Å². The zero-order valence-electron chi connectivity index (χ0n) is 14.9. The second-order valence-electron chi connectivity index (χ2n) is 7.32. The molecule has 0 spiro atoms. The van der Waals surface area contributed by atoms with Gasteiger partial charge in [-0.25, -0.2) is 12.7 Å². The van der Waals surface area contributed by atoms with Crippen LogP contribution in [0.5, 0.6) is 0 Å². The van der Waals surface area contributed by atoms with E-state index in [2.05, 4.69) is 24.3 Å². The minimum absolute atomic E-state index is 0.0347. The molecule has 0 bridgehead atoms. The highest BCUT2D eigenvalue weighted by atomic mass is 32.2. The smallest absolute Gasteiger partial charge is 0.225 e. The van der Waals surface area contributed by atoms with Gasteiger partial charge >= 0.3 is 0 Å². The molecule has 2 heterocycles. The van der Waals surface area contributed by atoms with Gasteiger partial charge in [0.1, 0.15) is 0 Å². The summed E-state index contributed by atoms with van der Waals surface area (Å²) in [5.74, 6) is 0.590. The third-order valence-electron chi connectivity index (χ3n) is 5.53. The Hall–Kier alpha value is -1.40. The van der Waals surface area contributed by atoms with Gasteiger partial charge in [0.05, 0.1) is 6.26 Å². The second-order valence-corrected chi connectivity index (χ2v) is 9.31. The summed E-state index contributed by atoms with van der Waals surface area (Å²) in [5, 5.41) is 0. The van der Waals surface area contributed by atoms with Crippen molar-refractivity contribution >= 4 is 15.9 Å². The summed E-state index contributed by atoms with van der Waals surface area (Å²) >= 11 is 0. The number of rotatable bonds is 3. The third kappa shape index (κ3) is 4.61. The molecule has 138 valence electrons. The molecule has 0 aliphatic carbocycles. The topological polar surface area (TPSA) is 57.7 Å². The van der Waals surface area contributed by atoms with Crippen LogP contribution in [0.4, 0.5) is 0 Å². The minimum atomic E-state index is -3.14. The van der Waals surface area contributed by atoms with Gasteiger partial charge in [0.25, 0.3) is 0 Å². The zero-order valence-corrected chi connectivity index (χ0v) is 15.7. The van der Waals surface area contributed by atoms with Gasteiger partial charge < -0.3 is 4.90 Å². The van der Waals surface area contributed by atoms with Crippen LogP contribution in [0.2, 0.25) is 0 Å². The molecule has 0 radical (unpaired) electrons. The number of likely N-dealkylation sites (tertiary alicyclic amines) is 1. The fourth-order valence-corrected chi connectivity index (χ4v) is 4.91. The molecule has 0 aromatic heterocycles. The van der Waals surface area contributed by atoms with Gasteiger partial charge in [-0.3, -0.25) is 4.79 Å². The van der Waals surface area contributed by atoms with E-state index in [9.17, 15) is 13.2 Å². The number of sulfonamides is 1. The normalized spacial score (nSPS) is 24.0. The number of nitrogens with zero attached hydrogens (tertiary/aromatic N) is 2. The van der Waals surface area contributed by atoms with Crippen LogP contribution in [0.25, 0.3) is 0 Å². The maximum Gasteiger partial charge on any atom is 0.225 e. The summed E-state index contributed by atoms with van der Waals surface area (Å²) in [6.45, 7) is 2.54. The van der Waals surface area contributed by atoms with E-state index in [1.807, 2.05) is 11.0 Å². The fourth-order valence-electron chi connectivity index (χ4n) is 4.03. The Balaban J connectivity index is 1.63. The first kappa shape index (κ1) is 18.4. The van der Waals surface area contributed by atoms with E-state index in [4.69, 9.17) is 0 Å². The SMILES string of the molecule is CS(=O)(=O)N1CCC(C(=O)N2CCCCC(c3ccccc3)C2)CC1. The lowest BCUT2D eigenvalue weighted by molar-refractivity contribution is -0.136. The van der Waals surface area contributed by atoms with E-state index >= 15 is 0 Å². The molecule has 2 saturated heterocycles. The summed E-state index contributed by atoms with van der Waals surface area (Å²) in [7, 11) is -3.14. The van der Waals surface area contributed by atoms with Crippen molar-refractivity contribution < 1.29 is 13.2 Å². The quantitative estimate of drug-likeness (QED) is 0.828. The maximum absolute atomic E-state index is 13.0. The molecule has 0 saturated carbocycles. The summed E-state index contributed by atoms with van der Waals surface area (Å²) in [4.78, 5) is 15.0. The molecule has 2 fully saturated rings. The fraction of sp³-hybridized carbons (Fsp3) is 0.632. The largest absolute Gasteiger partial charge is 0.342 e. The molecule has 1 aromatic rings. The van der Waals surface area contributed by atoms with E-state index in [0.29, 0.717) is 31.8 Å². The third-order valence-corrected chi connectivity index (χ3v) is 6.83.